The van der Waals surface area contributed by atoms with Gasteiger partial charge in [0.05, 0.1) is 6.20 Å². The van der Waals surface area contributed by atoms with Crippen molar-refractivity contribution < 1.29 is 13.5 Å². The molecular weight excluding hydrogens is 250 g/mol. The summed E-state index contributed by atoms with van der Waals surface area (Å²) in [6, 6.07) is -0.111. The highest BCUT2D eigenvalue weighted by Crippen LogP contribution is 2.28. The first-order valence-electron chi connectivity index (χ1n) is 6.77. The van der Waals surface area contributed by atoms with Gasteiger partial charge in [-0.2, -0.15) is 0 Å². The highest BCUT2D eigenvalue weighted by atomic mass is 19.3. The fourth-order valence-electron chi connectivity index (χ4n) is 1.72. The lowest BCUT2D eigenvalue weighted by Crippen LogP contribution is -2.30. The van der Waals surface area contributed by atoms with Gasteiger partial charge in [0, 0.05) is 23.6 Å². The fraction of sp³-hybridized carbons (Fsp3) is 0.786. The lowest BCUT2D eigenvalue weighted by atomic mass is 10.0. The second-order valence-corrected chi connectivity index (χ2v) is 5.58. The number of halogens is 2. The molecule has 0 spiro atoms. The average Bonchev–Trinajstić information content (AvgIpc) is 2.49. The molecule has 0 fully saturated rings. The molecule has 1 aliphatic rings. The summed E-state index contributed by atoms with van der Waals surface area (Å²) in [5.41, 5.74) is 6.68. The molecule has 2 N–H and O–H groups in total. The van der Waals surface area contributed by atoms with Gasteiger partial charge in [0.15, 0.2) is 6.61 Å². The van der Waals surface area contributed by atoms with E-state index >= 15 is 0 Å². The van der Waals surface area contributed by atoms with Crippen LogP contribution in [0.2, 0.25) is 0 Å². The monoisotopic (exact) mass is 274 g/mol. The Kier molecular flexibility index (Phi) is 5.47. The molecule has 1 aliphatic heterocycles. The van der Waals surface area contributed by atoms with Crippen LogP contribution in [0.1, 0.15) is 40.5 Å². The van der Waals surface area contributed by atoms with E-state index < -0.39 is 18.4 Å². The number of ether oxygens (including phenoxy) is 1. The van der Waals surface area contributed by atoms with Gasteiger partial charge >= 0.3 is 0 Å². The summed E-state index contributed by atoms with van der Waals surface area (Å²) in [4.78, 5) is 4.26. The lowest BCUT2D eigenvalue weighted by molar-refractivity contribution is -0.0974. The van der Waals surface area contributed by atoms with Gasteiger partial charge < -0.3 is 10.5 Å². The molecule has 0 saturated carbocycles. The molecular formula is C14H24F2N2O. The molecule has 1 heterocycles. The maximum atomic E-state index is 13.5. The van der Waals surface area contributed by atoms with Crippen LogP contribution in [-0.2, 0) is 4.74 Å². The molecule has 0 aromatic rings. The number of nitrogens with zero attached hydrogens (tertiary/aromatic N) is 1. The minimum absolute atomic E-state index is 0.0861. The van der Waals surface area contributed by atoms with Crippen LogP contribution in [0.25, 0.3) is 0 Å². The van der Waals surface area contributed by atoms with E-state index in [2.05, 4.69) is 4.99 Å². The van der Waals surface area contributed by atoms with Gasteiger partial charge in [-0.3, -0.25) is 4.99 Å². The standard InChI is InChI=1S/C14H24F2N2O/c1-9(2)14(15,16)8-19-13-7-18-12(11(4)17)6-5-10(13)3/h7,9-11H,5-6,8,17H2,1-4H3. The summed E-state index contributed by atoms with van der Waals surface area (Å²) in [5.74, 6) is -2.95. The smallest absolute Gasteiger partial charge is 0.283 e. The molecule has 2 atom stereocenters. The maximum absolute atomic E-state index is 13.5. The quantitative estimate of drug-likeness (QED) is 0.835. The normalized spacial score (nSPS) is 22.6. The number of nitrogens with two attached hydrogens (primary N) is 1. The lowest BCUT2D eigenvalue weighted by Gasteiger charge is -2.23. The zero-order valence-corrected chi connectivity index (χ0v) is 12.1. The van der Waals surface area contributed by atoms with E-state index in [0.29, 0.717) is 5.76 Å². The third kappa shape index (κ3) is 4.56. The van der Waals surface area contributed by atoms with Gasteiger partial charge in [0.1, 0.15) is 5.76 Å². The first-order chi connectivity index (χ1) is 8.74. The first-order valence-corrected chi connectivity index (χ1v) is 6.77. The van der Waals surface area contributed by atoms with Crippen molar-refractivity contribution in [2.45, 2.75) is 52.5 Å². The van der Waals surface area contributed by atoms with Crippen LogP contribution in [0.3, 0.4) is 0 Å². The number of alkyl halides is 2. The van der Waals surface area contributed by atoms with E-state index in [9.17, 15) is 8.78 Å². The highest BCUT2D eigenvalue weighted by molar-refractivity contribution is 5.89. The Morgan fingerprint density at radius 2 is 2.11 bits per heavy atom. The van der Waals surface area contributed by atoms with Gasteiger partial charge in [0.25, 0.3) is 5.92 Å². The Morgan fingerprint density at radius 3 is 2.63 bits per heavy atom. The van der Waals surface area contributed by atoms with Crippen LogP contribution < -0.4 is 5.73 Å². The molecule has 0 bridgehead atoms. The van der Waals surface area contributed by atoms with Crippen molar-refractivity contribution in [2.75, 3.05) is 6.61 Å². The van der Waals surface area contributed by atoms with Crippen molar-refractivity contribution in [2.24, 2.45) is 22.6 Å². The Balaban J connectivity index is 2.70. The fourth-order valence-corrected chi connectivity index (χ4v) is 1.72. The van der Waals surface area contributed by atoms with Crippen LogP contribution >= 0.6 is 0 Å². The molecule has 0 aromatic carbocycles. The van der Waals surface area contributed by atoms with Crippen LogP contribution in [0.5, 0.6) is 0 Å². The summed E-state index contributed by atoms with van der Waals surface area (Å²) in [5, 5.41) is 0. The zero-order chi connectivity index (χ0) is 14.6. The number of rotatable bonds is 5. The van der Waals surface area contributed by atoms with Crippen molar-refractivity contribution in [3.8, 4) is 0 Å². The van der Waals surface area contributed by atoms with Gasteiger partial charge in [-0.15, -0.1) is 0 Å². The third-order valence-corrected chi connectivity index (χ3v) is 3.48. The summed E-state index contributed by atoms with van der Waals surface area (Å²) in [7, 11) is 0. The highest BCUT2D eigenvalue weighted by Gasteiger charge is 2.35. The SMILES string of the molecule is CC(N)C1=NC=C(OCC(F)(F)C(C)C)C(C)CC1. The van der Waals surface area contributed by atoms with Crippen LogP contribution in [-0.4, -0.2) is 24.3 Å². The van der Waals surface area contributed by atoms with Crippen molar-refractivity contribution in [1.29, 1.82) is 0 Å². The van der Waals surface area contributed by atoms with Gasteiger partial charge in [-0.05, 0) is 19.8 Å². The van der Waals surface area contributed by atoms with Crippen LogP contribution in [0.15, 0.2) is 17.0 Å². The van der Waals surface area contributed by atoms with Crippen molar-refractivity contribution in [3.05, 3.63) is 12.0 Å². The first kappa shape index (κ1) is 16.1. The molecule has 110 valence electrons. The minimum atomic E-state index is -2.82. The third-order valence-electron chi connectivity index (χ3n) is 3.48. The second kappa shape index (κ2) is 6.46. The van der Waals surface area contributed by atoms with Crippen molar-refractivity contribution in [3.63, 3.8) is 0 Å². The van der Waals surface area contributed by atoms with Gasteiger partial charge in [-0.1, -0.05) is 20.8 Å². The molecule has 0 aliphatic carbocycles. The molecule has 0 saturated heterocycles. The van der Waals surface area contributed by atoms with E-state index in [4.69, 9.17) is 10.5 Å². The van der Waals surface area contributed by atoms with E-state index in [1.54, 1.807) is 6.20 Å². The summed E-state index contributed by atoms with van der Waals surface area (Å²) >= 11 is 0. The number of hydrogen-bond acceptors (Lipinski definition) is 3. The summed E-state index contributed by atoms with van der Waals surface area (Å²) in [6.45, 7) is 6.21. The second-order valence-electron chi connectivity index (χ2n) is 5.58. The molecule has 0 amide bonds. The topological polar surface area (TPSA) is 47.6 Å². The zero-order valence-electron chi connectivity index (χ0n) is 12.1. The molecule has 2 unspecified atom stereocenters. The predicted molar refractivity (Wildman–Crippen MR) is 73.3 cm³/mol. The van der Waals surface area contributed by atoms with E-state index in [1.165, 1.54) is 13.8 Å². The van der Waals surface area contributed by atoms with E-state index in [0.717, 1.165) is 18.6 Å². The molecule has 0 aromatic heterocycles. The molecule has 0 radical (unpaired) electrons. The Hall–Kier alpha value is -0.970. The van der Waals surface area contributed by atoms with E-state index in [1.807, 2.05) is 13.8 Å². The van der Waals surface area contributed by atoms with Crippen molar-refractivity contribution in [1.82, 2.24) is 0 Å². The largest absolute Gasteiger partial charge is 0.490 e. The van der Waals surface area contributed by atoms with E-state index in [-0.39, 0.29) is 12.0 Å². The van der Waals surface area contributed by atoms with Crippen LogP contribution in [0.4, 0.5) is 8.78 Å². The van der Waals surface area contributed by atoms with Gasteiger partial charge in [0.2, 0.25) is 0 Å². The number of allylic oxidation sites excluding steroid dienone is 1. The summed E-state index contributed by atoms with van der Waals surface area (Å²) in [6.07, 6.45) is 3.15. The van der Waals surface area contributed by atoms with Gasteiger partial charge in [-0.25, -0.2) is 8.78 Å². The average molecular weight is 274 g/mol. The van der Waals surface area contributed by atoms with Crippen molar-refractivity contribution >= 4 is 5.71 Å². The molecule has 19 heavy (non-hydrogen) atoms. The number of aliphatic imine (C=N–C) groups is 1. The molecule has 1 rings (SSSR count). The minimum Gasteiger partial charge on any atom is -0.490 e. The van der Waals surface area contributed by atoms with Crippen LogP contribution in [0, 0.1) is 11.8 Å². The Morgan fingerprint density at radius 1 is 1.47 bits per heavy atom. The summed E-state index contributed by atoms with van der Waals surface area (Å²) < 4.78 is 32.3. The molecule has 5 heteroatoms. The molecule has 3 nitrogen and oxygen atoms in total. The Bertz CT molecular complexity index is 362. The predicted octanol–water partition coefficient (Wildman–Crippen LogP) is 3.35. The Labute approximate surface area is 113 Å². The number of hydrogen-bond donors (Lipinski definition) is 1. The maximum Gasteiger partial charge on any atom is 0.283 e.